The highest BCUT2D eigenvalue weighted by atomic mass is 35.5. The lowest BCUT2D eigenvalue weighted by Gasteiger charge is -2.26. The van der Waals surface area contributed by atoms with Crippen LogP contribution in [0.1, 0.15) is 26.7 Å². The molecule has 3 heteroatoms. The molecule has 1 fully saturated rings. The molecule has 0 radical (unpaired) electrons. The van der Waals surface area contributed by atoms with Crippen LogP contribution >= 0.6 is 11.6 Å². The minimum absolute atomic E-state index is 0.240. The third kappa shape index (κ3) is 1.05. The molecule has 1 aliphatic heterocycles. The average Bonchev–Trinajstić information content (AvgIpc) is 2.60. The SMILES string of the molecule is CC1C(Cl)=CON1C1(C)CC1. The topological polar surface area (TPSA) is 12.5 Å². The van der Waals surface area contributed by atoms with Crippen LogP contribution in [-0.2, 0) is 4.84 Å². The largest absolute Gasteiger partial charge is 0.411 e. The maximum atomic E-state index is 5.89. The highest BCUT2D eigenvalue weighted by Gasteiger charge is 2.49. The Labute approximate surface area is 71.7 Å². The molecule has 0 amide bonds. The zero-order valence-electron chi connectivity index (χ0n) is 6.80. The second-order valence-corrected chi connectivity index (χ2v) is 4.04. The zero-order chi connectivity index (χ0) is 8.06. The Kier molecular flexibility index (Phi) is 1.45. The number of hydrogen-bond acceptors (Lipinski definition) is 2. The Morgan fingerprint density at radius 3 is 2.73 bits per heavy atom. The predicted octanol–water partition coefficient (Wildman–Crippen LogP) is 2.25. The molecular weight excluding hydrogens is 162 g/mol. The van der Waals surface area contributed by atoms with E-state index < -0.39 is 0 Å². The molecule has 62 valence electrons. The van der Waals surface area contributed by atoms with E-state index in [0.29, 0.717) is 0 Å². The fourth-order valence-corrected chi connectivity index (χ4v) is 1.53. The summed E-state index contributed by atoms with van der Waals surface area (Å²) >= 11 is 5.89. The van der Waals surface area contributed by atoms with Gasteiger partial charge in [0, 0.05) is 0 Å². The number of hydroxylamine groups is 2. The molecule has 0 aromatic carbocycles. The van der Waals surface area contributed by atoms with Crippen LogP contribution in [0.5, 0.6) is 0 Å². The molecule has 0 spiro atoms. The fraction of sp³-hybridized carbons (Fsp3) is 0.750. The molecule has 1 saturated carbocycles. The molecule has 11 heavy (non-hydrogen) atoms. The van der Waals surface area contributed by atoms with Gasteiger partial charge in [-0.05, 0) is 26.7 Å². The van der Waals surface area contributed by atoms with Gasteiger partial charge in [-0.1, -0.05) is 11.6 Å². The summed E-state index contributed by atoms with van der Waals surface area (Å²) in [6.45, 7) is 4.27. The first kappa shape index (κ1) is 7.44. The summed E-state index contributed by atoms with van der Waals surface area (Å²) in [6.07, 6.45) is 4.07. The van der Waals surface area contributed by atoms with Crippen LogP contribution in [0.15, 0.2) is 11.3 Å². The van der Waals surface area contributed by atoms with Crippen molar-refractivity contribution in [2.75, 3.05) is 0 Å². The predicted molar refractivity (Wildman–Crippen MR) is 44.0 cm³/mol. The Balaban J connectivity index is 2.09. The summed E-state index contributed by atoms with van der Waals surface area (Å²) in [7, 11) is 0. The van der Waals surface area contributed by atoms with Gasteiger partial charge in [0.15, 0.2) is 0 Å². The van der Waals surface area contributed by atoms with Crippen molar-refractivity contribution in [2.24, 2.45) is 0 Å². The van der Waals surface area contributed by atoms with Crippen LogP contribution in [-0.4, -0.2) is 16.6 Å². The van der Waals surface area contributed by atoms with Gasteiger partial charge in [0.2, 0.25) is 0 Å². The molecule has 1 aliphatic carbocycles. The molecular formula is C8H12ClNO. The van der Waals surface area contributed by atoms with Crippen molar-refractivity contribution in [2.45, 2.75) is 38.3 Å². The molecule has 0 saturated heterocycles. The highest BCUT2D eigenvalue weighted by molar-refractivity contribution is 6.30. The first-order valence-corrected chi connectivity index (χ1v) is 4.33. The van der Waals surface area contributed by atoms with E-state index in [1.807, 2.05) is 5.06 Å². The van der Waals surface area contributed by atoms with Gasteiger partial charge in [-0.25, -0.2) is 0 Å². The third-order valence-corrected chi connectivity index (χ3v) is 2.94. The van der Waals surface area contributed by atoms with Crippen LogP contribution in [0.3, 0.4) is 0 Å². The molecule has 0 N–H and O–H groups in total. The molecule has 1 heterocycles. The van der Waals surface area contributed by atoms with Crippen LogP contribution < -0.4 is 0 Å². The summed E-state index contributed by atoms with van der Waals surface area (Å²) in [5.74, 6) is 0. The lowest BCUT2D eigenvalue weighted by Crippen LogP contribution is -2.37. The molecule has 0 aromatic rings. The Morgan fingerprint density at radius 2 is 2.36 bits per heavy atom. The van der Waals surface area contributed by atoms with Gasteiger partial charge >= 0.3 is 0 Å². The lowest BCUT2D eigenvalue weighted by molar-refractivity contribution is -0.140. The van der Waals surface area contributed by atoms with Gasteiger partial charge in [-0.2, -0.15) is 0 Å². The number of halogens is 1. The van der Waals surface area contributed by atoms with E-state index in [0.717, 1.165) is 5.03 Å². The maximum absolute atomic E-state index is 5.89. The molecule has 1 atom stereocenters. The van der Waals surface area contributed by atoms with Gasteiger partial charge in [0.25, 0.3) is 0 Å². The van der Waals surface area contributed by atoms with E-state index in [-0.39, 0.29) is 11.6 Å². The monoisotopic (exact) mass is 173 g/mol. The average molecular weight is 174 g/mol. The van der Waals surface area contributed by atoms with Crippen molar-refractivity contribution in [3.05, 3.63) is 11.3 Å². The number of hydrogen-bond donors (Lipinski definition) is 0. The third-order valence-electron chi connectivity index (χ3n) is 2.54. The van der Waals surface area contributed by atoms with Crippen LogP contribution in [0, 0.1) is 0 Å². The second kappa shape index (κ2) is 2.14. The van der Waals surface area contributed by atoms with Crippen molar-refractivity contribution < 1.29 is 4.84 Å². The molecule has 2 aliphatic rings. The highest BCUT2D eigenvalue weighted by Crippen LogP contribution is 2.45. The second-order valence-electron chi connectivity index (χ2n) is 3.61. The zero-order valence-corrected chi connectivity index (χ0v) is 7.56. The molecule has 0 aromatic heterocycles. The van der Waals surface area contributed by atoms with Crippen molar-refractivity contribution in [1.29, 1.82) is 0 Å². The van der Waals surface area contributed by atoms with Gasteiger partial charge in [-0.3, -0.25) is 0 Å². The standard InChI is InChI=1S/C8H12ClNO/c1-6-7(9)5-11-10(6)8(2)3-4-8/h5-6H,3-4H2,1-2H3. The van der Waals surface area contributed by atoms with Gasteiger partial charge in [-0.15, -0.1) is 5.06 Å². The van der Waals surface area contributed by atoms with E-state index in [1.165, 1.54) is 12.8 Å². The van der Waals surface area contributed by atoms with Crippen LogP contribution in [0.25, 0.3) is 0 Å². The smallest absolute Gasteiger partial charge is 0.127 e. The Bertz CT molecular complexity index is 210. The molecule has 2 rings (SSSR count). The van der Waals surface area contributed by atoms with Gasteiger partial charge in [0.05, 0.1) is 16.6 Å². The fourth-order valence-electron chi connectivity index (χ4n) is 1.40. The molecule has 0 bridgehead atoms. The maximum Gasteiger partial charge on any atom is 0.127 e. The molecule has 2 nitrogen and oxygen atoms in total. The summed E-state index contributed by atoms with van der Waals surface area (Å²) < 4.78 is 0. The summed E-state index contributed by atoms with van der Waals surface area (Å²) in [6, 6.07) is 0.240. The number of rotatable bonds is 1. The lowest BCUT2D eigenvalue weighted by atomic mass is 10.2. The van der Waals surface area contributed by atoms with E-state index in [1.54, 1.807) is 6.26 Å². The first-order chi connectivity index (χ1) is 5.13. The van der Waals surface area contributed by atoms with E-state index in [9.17, 15) is 0 Å². The molecule has 1 unspecified atom stereocenters. The van der Waals surface area contributed by atoms with Gasteiger partial charge < -0.3 is 4.84 Å². The normalized spacial score (nSPS) is 34.8. The number of nitrogens with zero attached hydrogens (tertiary/aromatic N) is 1. The minimum Gasteiger partial charge on any atom is -0.411 e. The van der Waals surface area contributed by atoms with Crippen molar-refractivity contribution in [3.63, 3.8) is 0 Å². The van der Waals surface area contributed by atoms with Crippen molar-refractivity contribution in [3.8, 4) is 0 Å². The van der Waals surface area contributed by atoms with E-state index in [2.05, 4.69) is 13.8 Å². The summed E-state index contributed by atoms with van der Waals surface area (Å²) in [4.78, 5) is 5.34. The van der Waals surface area contributed by atoms with E-state index >= 15 is 0 Å². The first-order valence-electron chi connectivity index (χ1n) is 3.95. The van der Waals surface area contributed by atoms with E-state index in [4.69, 9.17) is 16.4 Å². The summed E-state index contributed by atoms with van der Waals surface area (Å²) in [5, 5.41) is 2.80. The van der Waals surface area contributed by atoms with Crippen LogP contribution in [0.4, 0.5) is 0 Å². The van der Waals surface area contributed by atoms with Gasteiger partial charge in [0.1, 0.15) is 6.26 Å². The van der Waals surface area contributed by atoms with Crippen molar-refractivity contribution >= 4 is 11.6 Å². The Hall–Kier alpha value is -0.210. The quantitative estimate of drug-likeness (QED) is 0.603. The summed E-state index contributed by atoms with van der Waals surface area (Å²) in [5.41, 5.74) is 0.257. The minimum atomic E-state index is 0.240. The Morgan fingerprint density at radius 1 is 1.73 bits per heavy atom. The van der Waals surface area contributed by atoms with Crippen molar-refractivity contribution in [1.82, 2.24) is 5.06 Å². The van der Waals surface area contributed by atoms with Crippen LogP contribution in [0.2, 0.25) is 0 Å².